The predicted octanol–water partition coefficient (Wildman–Crippen LogP) is 3.21. The molecule has 1 aromatic carbocycles. The number of hydrogen-bond donors (Lipinski definition) is 0. The van der Waals surface area contributed by atoms with Crippen molar-refractivity contribution in [2.75, 3.05) is 0 Å². The van der Waals surface area contributed by atoms with E-state index in [1.54, 1.807) is 24.3 Å². The first-order valence-electron chi connectivity index (χ1n) is 4.12. The fraction of sp³-hybridized carbons (Fsp3) is 0.300. The molecule has 1 rings (SSSR count). The second-order valence-corrected chi connectivity index (χ2v) is 2.88. The highest BCUT2D eigenvalue weighted by atomic mass is 19.4. The zero-order chi connectivity index (χ0) is 10.6. The minimum Gasteiger partial charge on any atom is -0.280 e. The standard InChI is InChI=1S/C10H10F3N/c1-8(10(11,12)13)14-7-9-5-3-2-4-6-9/h2-6H,7H2,1H3. The number of nitrogens with zero attached hydrogens (tertiary/aromatic N) is 1. The van der Waals surface area contributed by atoms with Gasteiger partial charge in [-0.2, -0.15) is 13.2 Å². The van der Waals surface area contributed by atoms with Crippen LogP contribution in [0.15, 0.2) is 35.3 Å². The molecule has 14 heavy (non-hydrogen) atoms. The van der Waals surface area contributed by atoms with E-state index in [2.05, 4.69) is 4.99 Å². The predicted molar refractivity (Wildman–Crippen MR) is 49.3 cm³/mol. The average molecular weight is 201 g/mol. The smallest absolute Gasteiger partial charge is 0.280 e. The highest BCUT2D eigenvalue weighted by Gasteiger charge is 2.31. The van der Waals surface area contributed by atoms with Gasteiger partial charge >= 0.3 is 6.18 Å². The number of aliphatic imine (C=N–C) groups is 1. The molecule has 0 saturated carbocycles. The van der Waals surface area contributed by atoms with Crippen LogP contribution in [0.3, 0.4) is 0 Å². The summed E-state index contributed by atoms with van der Waals surface area (Å²) in [6.45, 7) is 1.05. The van der Waals surface area contributed by atoms with Crippen molar-refractivity contribution in [2.24, 2.45) is 4.99 Å². The Kier molecular flexibility index (Phi) is 3.28. The van der Waals surface area contributed by atoms with Gasteiger partial charge in [-0.15, -0.1) is 0 Å². The number of benzene rings is 1. The number of rotatable bonds is 2. The summed E-state index contributed by atoms with van der Waals surface area (Å²) >= 11 is 0. The third-order valence-electron chi connectivity index (χ3n) is 1.75. The summed E-state index contributed by atoms with van der Waals surface area (Å²) in [7, 11) is 0. The maximum atomic E-state index is 12.0. The molecule has 0 aliphatic rings. The van der Waals surface area contributed by atoms with E-state index >= 15 is 0 Å². The number of hydrogen-bond acceptors (Lipinski definition) is 1. The van der Waals surface area contributed by atoms with Gasteiger partial charge < -0.3 is 0 Å². The van der Waals surface area contributed by atoms with Gasteiger partial charge in [0.15, 0.2) is 0 Å². The van der Waals surface area contributed by atoms with Gasteiger partial charge in [0, 0.05) is 0 Å². The van der Waals surface area contributed by atoms with Crippen LogP contribution in [0.5, 0.6) is 0 Å². The van der Waals surface area contributed by atoms with Gasteiger partial charge in [0.2, 0.25) is 0 Å². The van der Waals surface area contributed by atoms with Crippen LogP contribution in [-0.4, -0.2) is 11.9 Å². The molecule has 0 amide bonds. The van der Waals surface area contributed by atoms with Crippen LogP contribution < -0.4 is 0 Å². The largest absolute Gasteiger partial charge is 0.428 e. The molecule has 0 fully saturated rings. The Labute approximate surface area is 80.3 Å². The summed E-state index contributed by atoms with van der Waals surface area (Å²) in [4.78, 5) is 3.46. The first-order chi connectivity index (χ1) is 6.50. The summed E-state index contributed by atoms with van der Waals surface area (Å²) in [5.41, 5.74) is -0.0162. The quantitative estimate of drug-likeness (QED) is 0.651. The van der Waals surface area contributed by atoms with Crippen molar-refractivity contribution in [1.82, 2.24) is 0 Å². The Morgan fingerprint density at radius 3 is 2.29 bits per heavy atom. The molecular weight excluding hydrogens is 191 g/mol. The van der Waals surface area contributed by atoms with Crippen molar-refractivity contribution in [2.45, 2.75) is 19.6 Å². The second-order valence-electron chi connectivity index (χ2n) is 2.88. The maximum absolute atomic E-state index is 12.0. The Balaban J connectivity index is 2.65. The normalized spacial score (nSPS) is 13.0. The Bertz CT molecular complexity index is 314. The molecule has 0 aromatic heterocycles. The summed E-state index contributed by atoms with van der Waals surface area (Å²) in [5.74, 6) is 0. The lowest BCUT2D eigenvalue weighted by Gasteiger charge is -2.04. The van der Waals surface area contributed by atoms with E-state index < -0.39 is 11.9 Å². The molecule has 0 heterocycles. The van der Waals surface area contributed by atoms with Gasteiger partial charge in [-0.1, -0.05) is 30.3 Å². The van der Waals surface area contributed by atoms with Crippen LogP contribution >= 0.6 is 0 Å². The maximum Gasteiger partial charge on any atom is 0.428 e. The monoisotopic (exact) mass is 201 g/mol. The third-order valence-corrected chi connectivity index (χ3v) is 1.75. The first kappa shape index (κ1) is 10.8. The highest BCUT2D eigenvalue weighted by molar-refractivity contribution is 5.87. The molecule has 1 aromatic rings. The van der Waals surface area contributed by atoms with Gasteiger partial charge in [0.25, 0.3) is 0 Å². The SMILES string of the molecule is CC(=NCc1ccccc1)C(F)(F)F. The zero-order valence-corrected chi connectivity index (χ0v) is 7.67. The minimum absolute atomic E-state index is 0.0756. The first-order valence-corrected chi connectivity index (χ1v) is 4.12. The molecule has 0 saturated heterocycles. The molecule has 0 aliphatic heterocycles. The van der Waals surface area contributed by atoms with Gasteiger partial charge in [-0.25, -0.2) is 0 Å². The van der Waals surface area contributed by atoms with E-state index in [4.69, 9.17) is 0 Å². The molecule has 0 N–H and O–H groups in total. The molecule has 0 bridgehead atoms. The molecule has 4 heteroatoms. The van der Waals surface area contributed by atoms with Crippen LogP contribution in [0.1, 0.15) is 12.5 Å². The van der Waals surface area contributed by atoms with E-state index in [-0.39, 0.29) is 6.54 Å². The van der Waals surface area contributed by atoms with E-state index in [1.807, 2.05) is 6.07 Å². The fourth-order valence-corrected chi connectivity index (χ4v) is 0.883. The van der Waals surface area contributed by atoms with Crippen molar-refractivity contribution in [3.05, 3.63) is 35.9 Å². The molecule has 76 valence electrons. The number of halogens is 3. The molecule has 0 atom stereocenters. The van der Waals surface area contributed by atoms with Crippen LogP contribution in [0.25, 0.3) is 0 Å². The molecule has 1 nitrogen and oxygen atoms in total. The van der Waals surface area contributed by atoms with Crippen molar-refractivity contribution >= 4 is 5.71 Å². The van der Waals surface area contributed by atoms with Crippen LogP contribution in [-0.2, 0) is 6.54 Å². The minimum atomic E-state index is -4.31. The van der Waals surface area contributed by atoms with Gasteiger partial charge in [0.05, 0.1) is 6.54 Å². The second kappa shape index (κ2) is 4.26. The zero-order valence-electron chi connectivity index (χ0n) is 7.67. The Morgan fingerprint density at radius 1 is 1.21 bits per heavy atom. The van der Waals surface area contributed by atoms with E-state index in [1.165, 1.54) is 0 Å². The Hall–Kier alpha value is -1.32. The topological polar surface area (TPSA) is 12.4 Å². The van der Waals surface area contributed by atoms with E-state index in [0.29, 0.717) is 0 Å². The lowest BCUT2D eigenvalue weighted by atomic mass is 10.2. The van der Waals surface area contributed by atoms with Crippen LogP contribution in [0.2, 0.25) is 0 Å². The highest BCUT2D eigenvalue weighted by Crippen LogP contribution is 2.17. The Morgan fingerprint density at radius 2 is 1.79 bits per heavy atom. The summed E-state index contributed by atoms with van der Waals surface area (Å²) in [6, 6.07) is 8.84. The lowest BCUT2D eigenvalue weighted by Crippen LogP contribution is -2.19. The van der Waals surface area contributed by atoms with Gasteiger partial charge in [0.1, 0.15) is 5.71 Å². The average Bonchev–Trinajstić information content (AvgIpc) is 2.14. The van der Waals surface area contributed by atoms with Crippen molar-refractivity contribution < 1.29 is 13.2 Å². The molecule has 0 aliphatic carbocycles. The van der Waals surface area contributed by atoms with E-state index in [9.17, 15) is 13.2 Å². The summed E-state index contributed by atoms with van der Waals surface area (Å²) in [6.07, 6.45) is -4.31. The van der Waals surface area contributed by atoms with Gasteiger partial charge in [-0.05, 0) is 12.5 Å². The number of alkyl halides is 3. The van der Waals surface area contributed by atoms with Gasteiger partial charge in [-0.3, -0.25) is 4.99 Å². The molecule has 0 spiro atoms. The third kappa shape index (κ3) is 3.20. The fourth-order valence-electron chi connectivity index (χ4n) is 0.883. The van der Waals surface area contributed by atoms with Crippen LogP contribution in [0.4, 0.5) is 13.2 Å². The van der Waals surface area contributed by atoms with E-state index in [0.717, 1.165) is 12.5 Å². The summed E-state index contributed by atoms with van der Waals surface area (Å²) in [5, 5.41) is 0. The summed E-state index contributed by atoms with van der Waals surface area (Å²) < 4.78 is 36.1. The van der Waals surface area contributed by atoms with Crippen molar-refractivity contribution in [3.8, 4) is 0 Å². The molecule has 0 unspecified atom stereocenters. The molecule has 0 radical (unpaired) electrons. The van der Waals surface area contributed by atoms with Crippen molar-refractivity contribution in [1.29, 1.82) is 0 Å². The van der Waals surface area contributed by atoms with Crippen LogP contribution in [0, 0.1) is 0 Å². The molecular formula is C10H10F3N. The van der Waals surface area contributed by atoms with Crippen molar-refractivity contribution in [3.63, 3.8) is 0 Å². The lowest BCUT2D eigenvalue weighted by molar-refractivity contribution is -0.0594.